The SMILES string of the molecule is CCC(C)CC(C)NC(C)c1ccc(Cl)c(Cl)c1Cl. The van der Waals surface area contributed by atoms with Gasteiger partial charge in [-0.1, -0.05) is 61.1 Å². The second-order valence-corrected chi connectivity index (χ2v) is 6.47. The molecule has 0 aliphatic rings. The van der Waals surface area contributed by atoms with Crippen molar-refractivity contribution in [3.8, 4) is 0 Å². The Kier molecular flexibility index (Phi) is 6.96. The Balaban J connectivity index is 2.73. The van der Waals surface area contributed by atoms with Gasteiger partial charge in [-0.15, -0.1) is 0 Å². The molecule has 3 unspecified atom stereocenters. The molecule has 0 fully saturated rings. The zero-order valence-corrected chi connectivity index (χ0v) is 14.2. The fraction of sp³-hybridized carbons (Fsp3) is 0.600. The van der Waals surface area contributed by atoms with Crippen molar-refractivity contribution in [3.05, 3.63) is 32.8 Å². The number of rotatable bonds is 6. The summed E-state index contributed by atoms with van der Waals surface area (Å²) in [4.78, 5) is 0. The molecule has 1 rings (SSSR count). The van der Waals surface area contributed by atoms with Gasteiger partial charge in [-0.05, 0) is 37.8 Å². The highest BCUT2D eigenvalue weighted by atomic mass is 35.5. The van der Waals surface area contributed by atoms with Crippen molar-refractivity contribution in [2.24, 2.45) is 5.92 Å². The number of halogens is 3. The first-order valence-electron chi connectivity index (χ1n) is 6.76. The zero-order valence-electron chi connectivity index (χ0n) is 11.9. The van der Waals surface area contributed by atoms with Crippen LogP contribution in [-0.2, 0) is 0 Å². The summed E-state index contributed by atoms with van der Waals surface area (Å²) in [6.45, 7) is 8.79. The molecular weight excluding hydrogens is 301 g/mol. The number of nitrogens with one attached hydrogen (secondary N) is 1. The fourth-order valence-electron chi connectivity index (χ4n) is 2.23. The average Bonchev–Trinajstić information content (AvgIpc) is 2.35. The first-order valence-corrected chi connectivity index (χ1v) is 7.89. The third kappa shape index (κ3) is 4.82. The molecule has 0 radical (unpaired) electrons. The van der Waals surface area contributed by atoms with E-state index in [4.69, 9.17) is 34.8 Å². The van der Waals surface area contributed by atoms with Crippen LogP contribution in [0.2, 0.25) is 15.1 Å². The van der Waals surface area contributed by atoms with Gasteiger partial charge in [-0.3, -0.25) is 0 Å². The molecule has 0 aromatic heterocycles. The Labute approximate surface area is 131 Å². The average molecular weight is 323 g/mol. The maximum atomic E-state index is 6.25. The molecule has 0 aliphatic heterocycles. The van der Waals surface area contributed by atoms with Crippen LogP contribution in [0.15, 0.2) is 12.1 Å². The van der Waals surface area contributed by atoms with Crippen LogP contribution in [0.25, 0.3) is 0 Å². The van der Waals surface area contributed by atoms with Gasteiger partial charge in [0.05, 0.1) is 15.1 Å². The van der Waals surface area contributed by atoms with Gasteiger partial charge in [0.1, 0.15) is 0 Å². The smallest absolute Gasteiger partial charge is 0.0781 e. The minimum atomic E-state index is 0.154. The van der Waals surface area contributed by atoms with Crippen LogP contribution >= 0.6 is 34.8 Å². The lowest BCUT2D eigenvalue weighted by Crippen LogP contribution is -2.30. The molecule has 1 aromatic carbocycles. The molecule has 4 heteroatoms. The number of benzene rings is 1. The van der Waals surface area contributed by atoms with Crippen LogP contribution in [-0.4, -0.2) is 6.04 Å². The van der Waals surface area contributed by atoms with Gasteiger partial charge < -0.3 is 5.32 Å². The molecule has 0 spiro atoms. The van der Waals surface area contributed by atoms with E-state index in [-0.39, 0.29) is 6.04 Å². The monoisotopic (exact) mass is 321 g/mol. The largest absolute Gasteiger partial charge is 0.308 e. The molecule has 0 saturated carbocycles. The van der Waals surface area contributed by atoms with Gasteiger partial charge in [0.15, 0.2) is 0 Å². The van der Waals surface area contributed by atoms with E-state index in [0.29, 0.717) is 21.1 Å². The predicted molar refractivity (Wildman–Crippen MR) is 86.6 cm³/mol. The van der Waals surface area contributed by atoms with Gasteiger partial charge in [0, 0.05) is 12.1 Å². The van der Waals surface area contributed by atoms with Crippen molar-refractivity contribution in [1.82, 2.24) is 5.32 Å². The van der Waals surface area contributed by atoms with Crippen LogP contribution in [0.4, 0.5) is 0 Å². The third-order valence-corrected chi connectivity index (χ3v) is 4.83. The van der Waals surface area contributed by atoms with Crippen LogP contribution in [0.5, 0.6) is 0 Å². The van der Waals surface area contributed by atoms with E-state index >= 15 is 0 Å². The van der Waals surface area contributed by atoms with Gasteiger partial charge >= 0.3 is 0 Å². The summed E-state index contributed by atoms with van der Waals surface area (Å²) < 4.78 is 0. The Morgan fingerprint density at radius 2 is 1.68 bits per heavy atom. The van der Waals surface area contributed by atoms with Gasteiger partial charge in [-0.2, -0.15) is 0 Å². The highest BCUT2D eigenvalue weighted by Gasteiger charge is 2.16. The first-order chi connectivity index (χ1) is 8.86. The topological polar surface area (TPSA) is 12.0 Å². The van der Waals surface area contributed by atoms with E-state index in [1.54, 1.807) is 6.07 Å². The van der Waals surface area contributed by atoms with E-state index < -0.39 is 0 Å². The molecule has 0 bridgehead atoms. The maximum Gasteiger partial charge on any atom is 0.0781 e. The molecule has 19 heavy (non-hydrogen) atoms. The second kappa shape index (κ2) is 7.73. The van der Waals surface area contributed by atoms with Crippen molar-refractivity contribution in [2.45, 2.75) is 52.6 Å². The Morgan fingerprint density at radius 3 is 2.26 bits per heavy atom. The van der Waals surface area contributed by atoms with E-state index in [2.05, 4.69) is 33.0 Å². The second-order valence-electron chi connectivity index (χ2n) is 5.30. The minimum absolute atomic E-state index is 0.154. The molecule has 1 aromatic rings. The van der Waals surface area contributed by atoms with E-state index in [9.17, 15) is 0 Å². The van der Waals surface area contributed by atoms with Gasteiger partial charge in [0.25, 0.3) is 0 Å². The fourth-order valence-corrected chi connectivity index (χ4v) is 2.94. The van der Waals surface area contributed by atoms with Crippen molar-refractivity contribution >= 4 is 34.8 Å². The third-order valence-electron chi connectivity index (χ3n) is 3.52. The van der Waals surface area contributed by atoms with Crippen molar-refractivity contribution in [1.29, 1.82) is 0 Å². The lowest BCUT2D eigenvalue weighted by Gasteiger charge is -2.23. The van der Waals surface area contributed by atoms with Crippen molar-refractivity contribution in [3.63, 3.8) is 0 Å². The van der Waals surface area contributed by atoms with Crippen LogP contribution < -0.4 is 5.32 Å². The molecule has 3 atom stereocenters. The van der Waals surface area contributed by atoms with Crippen LogP contribution in [0.3, 0.4) is 0 Å². The summed E-state index contributed by atoms with van der Waals surface area (Å²) in [6, 6.07) is 4.32. The molecule has 108 valence electrons. The highest BCUT2D eigenvalue weighted by Crippen LogP contribution is 2.35. The normalized spacial score (nSPS) is 16.2. The molecule has 1 nitrogen and oxygen atoms in total. The first kappa shape index (κ1) is 17.1. The van der Waals surface area contributed by atoms with Gasteiger partial charge in [-0.25, -0.2) is 0 Å². The summed E-state index contributed by atoms with van der Waals surface area (Å²) in [5.74, 6) is 0.721. The molecule has 0 saturated heterocycles. The van der Waals surface area contributed by atoms with E-state index in [0.717, 1.165) is 17.9 Å². The Bertz CT molecular complexity index is 420. The summed E-state index contributed by atoms with van der Waals surface area (Å²) in [5.41, 5.74) is 0.993. The molecular formula is C15H22Cl3N. The van der Waals surface area contributed by atoms with E-state index in [1.807, 2.05) is 6.07 Å². The summed E-state index contributed by atoms with van der Waals surface area (Å²) in [5, 5.41) is 5.04. The highest BCUT2D eigenvalue weighted by molar-refractivity contribution is 6.48. The molecule has 0 amide bonds. The summed E-state index contributed by atoms with van der Waals surface area (Å²) >= 11 is 18.3. The van der Waals surface area contributed by atoms with E-state index in [1.165, 1.54) is 6.42 Å². The minimum Gasteiger partial charge on any atom is -0.308 e. The lowest BCUT2D eigenvalue weighted by atomic mass is 9.99. The van der Waals surface area contributed by atoms with Crippen LogP contribution in [0.1, 0.15) is 52.1 Å². The number of hydrogen-bond acceptors (Lipinski definition) is 1. The standard InChI is InChI=1S/C15H22Cl3N/c1-5-9(2)8-10(3)19-11(4)12-6-7-13(16)15(18)14(12)17/h6-7,9-11,19H,5,8H2,1-4H3. The summed E-state index contributed by atoms with van der Waals surface area (Å²) in [7, 11) is 0. The molecule has 0 heterocycles. The Morgan fingerprint density at radius 1 is 1.05 bits per heavy atom. The molecule has 1 N–H and O–H groups in total. The van der Waals surface area contributed by atoms with Crippen molar-refractivity contribution < 1.29 is 0 Å². The number of hydrogen-bond donors (Lipinski definition) is 1. The maximum absolute atomic E-state index is 6.25. The zero-order chi connectivity index (χ0) is 14.6. The molecule has 0 aliphatic carbocycles. The quantitative estimate of drug-likeness (QED) is 0.622. The van der Waals surface area contributed by atoms with Gasteiger partial charge in [0.2, 0.25) is 0 Å². The predicted octanol–water partition coefficient (Wildman–Crippen LogP) is 6.12. The van der Waals surface area contributed by atoms with Crippen molar-refractivity contribution in [2.75, 3.05) is 0 Å². The van der Waals surface area contributed by atoms with Crippen LogP contribution in [0, 0.1) is 5.92 Å². The Hall–Kier alpha value is 0.0500. The summed E-state index contributed by atoms with van der Waals surface area (Å²) in [6.07, 6.45) is 2.35. The lowest BCUT2D eigenvalue weighted by molar-refractivity contribution is 0.385.